The molecule has 1 aliphatic rings. The molecule has 0 saturated carbocycles. The molecule has 0 unspecified atom stereocenters. The molecule has 21 heavy (non-hydrogen) atoms. The maximum atomic E-state index is 3.51. The van der Waals surface area contributed by atoms with Crippen LogP contribution in [0.2, 0.25) is 0 Å². The number of nitrogens with one attached hydrogen (secondary N) is 1. The minimum absolute atomic E-state index is 0.959. The van der Waals surface area contributed by atoms with Gasteiger partial charge in [0.1, 0.15) is 0 Å². The fraction of sp³-hybridized carbons (Fsp3) is 0.333. The zero-order valence-electron chi connectivity index (χ0n) is 12.8. The molecule has 2 aromatic rings. The van der Waals surface area contributed by atoms with Gasteiger partial charge in [-0.25, -0.2) is 0 Å². The van der Waals surface area contributed by atoms with E-state index in [0.717, 1.165) is 26.2 Å². The van der Waals surface area contributed by atoms with Crippen molar-refractivity contribution >= 4 is 17.1 Å². The van der Waals surface area contributed by atoms with E-state index in [1.165, 1.54) is 22.6 Å². The van der Waals surface area contributed by atoms with Crippen LogP contribution in [-0.4, -0.2) is 33.2 Å². The maximum absolute atomic E-state index is 3.51. The van der Waals surface area contributed by atoms with Crippen molar-refractivity contribution in [2.45, 2.75) is 6.92 Å². The second-order valence-corrected chi connectivity index (χ2v) is 5.69. The van der Waals surface area contributed by atoms with Crippen molar-refractivity contribution in [3.63, 3.8) is 0 Å². The lowest BCUT2D eigenvalue weighted by molar-refractivity contribution is 0.741. The molecular weight excluding hydrogens is 258 g/mol. The van der Waals surface area contributed by atoms with Crippen LogP contribution in [0.5, 0.6) is 0 Å². The van der Waals surface area contributed by atoms with Gasteiger partial charge in [0, 0.05) is 38.9 Å². The summed E-state index contributed by atoms with van der Waals surface area (Å²) in [7, 11) is 2.17. The van der Waals surface area contributed by atoms with Crippen LogP contribution < -0.4 is 15.1 Å². The molecule has 0 spiro atoms. The van der Waals surface area contributed by atoms with Gasteiger partial charge in [-0.2, -0.15) is 0 Å². The first-order valence-corrected chi connectivity index (χ1v) is 7.60. The Balaban J connectivity index is 1.61. The number of para-hydroxylation sites is 2. The van der Waals surface area contributed by atoms with E-state index in [1.54, 1.807) is 0 Å². The monoisotopic (exact) mass is 281 g/mol. The SMILES string of the molecule is Cc1ccc(NCCN2CCN(C)c3ccccc32)cc1. The number of benzene rings is 2. The molecule has 3 heteroatoms. The molecule has 0 fully saturated rings. The van der Waals surface area contributed by atoms with E-state index in [1.807, 2.05) is 0 Å². The van der Waals surface area contributed by atoms with Crippen LogP contribution in [-0.2, 0) is 0 Å². The first kappa shape index (κ1) is 13.8. The fourth-order valence-corrected chi connectivity index (χ4v) is 2.80. The Hall–Kier alpha value is -2.16. The van der Waals surface area contributed by atoms with Gasteiger partial charge >= 0.3 is 0 Å². The van der Waals surface area contributed by atoms with Gasteiger partial charge < -0.3 is 15.1 Å². The van der Waals surface area contributed by atoms with Gasteiger partial charge in [-0.3, -0.25) is 0 Å². The number of hydrogen-bond donors (Lipinski definition) is 1. The van der Waals surface area contributed by atoms with E-state index < -0.39 is 0 Å². The van der Waals surface area contributed by atoms with Crippen molar-refractivity contribution in [2.75, 3.05) is 48.3 Å². The number of rotatable bonds is 4. The highest BCUT2D eigenvalue weighted by Crippen LogP contribution is 2.31. The Morgan fingerprint density at radius 3 is 2.43 bits per heavy atom. The molecule has 0 aliphatic carbocycles. The highest BCUT2D eigenvalue weighted by molar-refractivity contribution is 5.73. The highest BCUT2D eigenvalue weighted by atomic mass is 15.3. The molecule has 2 aromatic carbocycles. The summed E-state index contributed by atoms with van der Waals surface area (Å²) in [5.41, 5.74) is 5.17. The standard InChI is InChI=1S/C18H23N3/c1-15-7-9-16(10-8-15)19-11-12-21-14-13-20(2)17-5-3-4-6-18(17)21/h3-10,19H,11-14H2,1-2H3. The largest absolute Gasteiger partial charge is 0.383 e. The molecule has 0 atom stereocenters. The summed E-state index contributed by atoms with van der Waals surface area (Å²) in [4.78, 5) is 4.80. The molecule has 3 nitrogen and oxygen atoms in total. The lowest BCUT2D eigenvalue weighted by atomic mass is 10.1. The third-order valence-corrected chi connectivity index (χ3v) is 4.10. The van der Waals surface area contributed by atoms with E-state index in [-0.39, 0.29) is 0 Å². The Morgan fingerprint density at radius 2 is 1.67 bits per heavy atom. The minimum Gasteiger partial charge on any atom is -0.383 e. The van der Waals surface area contributed by atoms with Crippen molar-refractivity contribution in [3.05, 3.63) is 54.1 Å². The van der Waals surface area contributed by atoms with Gasteiger partial charge in [-0.05, 0) is 31.2 Å². The normalized spacial score (nSPS) is 14.0. The van der Waals surface area contributed by atoms with Crippen LogP contribution in [0.1, 0.15) is 5.56 Å². The van der Waals surface area contributed by atoms with Crippen LogP contribution in [0, 0.1) is 6.92 Å². The maximum Gasteiger partial charge on any atom is 0.0605 e. The quantitative estimate of drug-likeness (QED) is 0.927. The molecule has 1 aliphatic heterocycles. The van der Waals surface area contributed by atoms with Crippen molar-refractivity contribution in [1.29, 1.82) is 0 Å². The Bertz CT molecular complexity index is 592. The van der Waals surface area contributed by atoms with Crippen LogP contribution in [0.15, 0.2) is 48.5 Å². The molecule has 3 rings (SSSR count). The van der Waals surface area contributed by atoms with Gasteiger partial charge in [0.25, 0.3) is 0 Å². The summed E-state index contributed by atoms with van der Waals surface area (Å²) < 4.78 is 0. The molecule has 1 heterocycles. The predicted octanol–water partition coefficient (Wildman–Crippen LogP) is 3.36. The second-order valence-electron chi connectivity index (χ2n) is 5.69. The molecule has 110 valence electrons. The summed E-state index contributed by atoms with van der Waals surface area (Å²) in [6, 6.07) is 17.2. The van der Waals surface area contributed by atoms with Crippen molar-refractivity contribution in [1.82, 2.24) is 0 Å². The van der Waals surface area contributed by atoms with E-state index in [2.05, 4.69) is 77.6 Å². The third kappa shape index (κ3) is 3.13. The lowest BCUT2D eigenvalue weighted by Crippen LogP contribution is -2.41. The highest BCUT2D eigenvalue weighted by Gasteiger charge is 2.18. The van der Waals surface area contributed by atoms with Gasteiger partial charge in [0.15, 0.2) is 0 Å². The van der Waals surface area contributed by atoms with E-state index >= 15 is 0 Å². The number of fused-ring (bicyclic) bond motifs is 1. The van der Waals surface area contributed by atoms with Crippen LogP contribution in [0.4, 0.5) is 17.1 Å². The van der Waals surface area contributed by atoms with Gasteiger partial charge in [0.2, 0.25) is 0 Å². The smallest absolute Gasteiger partial charge is 0.0605 e. The van der Waals surface area contributed by atoms with Gasteiger partial charge in [0.05, 0.1) is 11.4 Å². The van der Waals surface area contributed by atoms with E-state index in [9.17, 15) is 0 Å². The number of hydrogen-bond acceptors (Lipinski definition) is 3. The lowest BCUT2D eigenvalue weighted by Gasteiger charge is -2.37. The summed E-state index contributed by atoms with van der Waals surface area (Å²) in [6.45, 7) is 6.27. The molecule has 1 N–H and O–H groups in total. The molecule has 0 amide bonds. The summed E-state index contributed by atoms with van der Waals surface area (Å²) in [6.07, 6.45) is 0. The Morgan fingerprint density at radius 1 is 0.952 bits per heavy atom. The molecule has 0 bridgehead atoms. The molecular formula is C18H23N3. The fourth-order valence-electron chi connectivity index (χ4n) is 2.80. The van der Waals surface area contributed by atoms with E-state index in [4.69, 9.17) is 0 Å². The topological polar surface area (TPSA) is 18.5 Å². The van der Waals surface area contributed by atoms with E-state index in [0.29, 0.717) is 0 Å². The average molecular weight is 281 g/mol. The Labute approximate surface area is 127 Å². The first-order chi connectivity index (χ1) is 10.2. The zero-order chi connectivity index (χ0) is 14.7. The summed E-state index contributed by atoms with van der Waals surface area (Å²) >= 11 is 0. The second kappa shape index (κ2) is 6.08. The molecule has 0 saturated heterocycles. The summed E-state index contributed by atoms with van der Waals surface area (Å²) in [5.74, 6) is 0. The van der Waals surface area contributed by atoms with Crippen LogP contribution in [0.3, 0.4) is 0 Å². The third-order valence-electron chi connectivity index (χ3n) is 4.10. The van der Waals surface area contributed by atoms with Crippen LogP contribution in [0.25, 0.3) is 0 Å². The first-order valence-electron chi connectivity index (χ1n) is 7.60. The number of anilines is 3. The minimum atomic E-state index is 0.959. The predicted molar refractivity (Wildman–Crippen MR) is 91.6 cm³/mol. The summed E-state index contributed by atoms with van der Waals surface area (Å²) in [5, 5.41) is 3.51. The molecule has 0 radical (unpaired) electrons. The number of nitrogens with zero attached hydrogens (tertiary/aromatic N) is 2. The zero-order valence-corrected chi connectivity index (χ0v) is 12.8. The van der Waals surface area contributed by atoms with Crippen molar-refractivity contribution < 1.29 is 0 Å². The number of likely N-dealkylation sites (N-methyl/N-ethyl adjacent to an activating group) is 1. The van der Waals surface area contributed by atoms with Crippen molar-refractivity contribution in [2.24, 2.45) is 0 Å². The van der Waals surface area contributed by atoms with Gasteiger partial charge in [-0.15, -0.1) is 0 Å². The average Bonchev–Trinajstić information content (AvgIpc) is 2.52. The molecule has 0 aromatic heterocycles. The number of aryl methyl sites for hydroxylation is 1. The van der Waals surface area contributed by atoms with Gasteiger partial charge in [-0.1, -0.05) is 29.8 Å². The van der Waals surface area contributed by atoms with Crippen LogP contribution >= 0.6 is 0 Å². The Kier molecular flexibility index (Phi) is 4.00. The van der Waals surface area contributed by atoms with Crippen molar-refractivity contribution in [3.8, 4) is 0 Å².